The van der Waals surface area contributed by atoms with Gasteiger partial charge in [0.1, 0.15) is 5.82 Å². The molecule has 0 bridgehead atoms. The lowest BCUT2D eigenvalue weighted by molar-refractivity contribution is -0.113. The van der Waals surface area contributed by atoms with Crippen LogP contribution in [0.15, 0.2) is 46.8 Å². The Morgan fingerprint density at radius 3 is 2.39 bits per heavy atom. The van der Waals surface area contributed by atoms with Gasteiger partial charge in [-0.15, -0.1) is 10.2 Å². The number of carbonyl (C=O) groups excluding carboxylic acids is 2. The minimum absolute atomic E-state index is 0.0872. The third-order valence-electron chi connectivity index (χ3n) is 3.21. The van der Waals surface area contributed by atoms with Crippen LogP contribution in [-0.4, -0.2) is 27.8 Å². The summed E-state index contributed by atoms with van der Waals surface area (Å²) in [6.07, 6.45) is 0. The molecule has 2 N–H and O–H groups in total. The van der Waals surface area contributed by atoms with Crippen LogP contribution in [0.4, 0.5) is 15.2 Å². The number of rotatable bonds is 6. The fourth-order valence-electron chi connectivity index (χ4n) is 2.03. The number of aromatic nitrogens is 2. The molecule has 0 spiro atoms. The quantitative estimate of drug-likeness (QED) is 0.404. The second kappa shape index (κ2) is 9.33. The molecule has 6 nitrogen and oxygen atoms in total. The lowest BCUT2D eigenvalue weighted by atomic mass is 10.2. The number of hydrogen-bond donors (Lipinski definition) is 2. The van der Waals surface area contributed by atoms with E-state index in [4.69, 9.17) is 23.2 Å². The highest BCUT2D eigenvalue weighted by atomic mass is 35.5. The highest BCUT2D eigenvalue weighted by Gasteiger charge is 2.13. The fourth-order valence-corrected chi connectivity index (χ4v) is 4.10. The molecule has 0 aliphatic rings. The summed E-state index contributed by atoms with van der Waals surface area (Å²) in [6, 6.07) is 9.96. The van der Waals surface area contributed by atoms with Gasteiger partial charge in [0, 0.05) is 21.3 Å². The zero-order valence-electron chi connectivity index (χ0n) is 13.9. The van der Waals surface area contributed by atoms with Gasteiger partial charge in [-0.2, -0.15) is 0 Å². The van der Waals surface area contributed by atoms with Gasteiger partial charge < -0.3 is 5.32 Å². The SMILES string of the molecule is O=C(CSc1nnc(NC(=O)c2cc(Cl)cc(Cl)c2)s1)Nc1ccc(F)cc1. The average molecular weight is 457 g/mol. The third-order valence-corrected chi connectivity index (χ3v) is 5.61. The highest BCUT2D eigenvalue weighted by molar-refractivity contribution is 8.01. The van der Waals surface area contributed by atoms with E-state index in [1.807, 2.05) is 0 Å². The number of nitrogens with zero attached hydrogens (tertiary/aromatic N) is 2. The van der Waals surface area contributed by atoms with Crippen LogP contribution in [0.25, 0.3) is 0 Å². The van der Waals surface area contributed by atoms with Crippen LogP contribution in [0.3, 0.4) is 0 Å². The van der Waals surface area contributed by atoms with Crippen LogP contribution < -0.4 is 10.6 Å². The summed E-state index contributed by atoms with van der Waals surface area (Å²) in [5.41, 5.74) is 0.790. The number of benzene rings is 2. The predicted molar refractivity (Wildman–Crippen MR) is 110 cm³/mol. The maximum absolute atomic E-state index is 12.9. The minimum Gasteiger partial charge on any atom is -0.325 e. The average Bonchev–Trinajstić information content (AvgIpc) is 3.08. The zero-order chi connectivity index (χ0) is 20.1. The number of thioether (sulfide) groups is 1. The molecule has 0 aliphatic heterocycles. The van der Waals surface area contributed by atoms with Crippen LogP contribution in [0, 0.1) is 5.82 Å². The molecule has 144 valence electrons. The number of halogens is 3. The summed E-state index contributed by atoms with van der Waals surface area (Å²) < 4.78 is 13.4. The fraction of sp³-hybridized carbons (Fsp3) is 0.0588. The molecule has 28 heavy (non-hydrogen) atoms. The van der Waals surface area contributed by atoms with E-state index in [-0.39, 0.29) is 22.6 Å². The summed E-state index contributed by atoms with van der Waals surface area (Å²) >= 11 is 14.1. The standard InChI is InChI=1S/C17H11Cl2FN4O2S2/c18-10-5-9(6-11(19)7-10)15(26)22-16-23-24-17(28-16)27-8-14(25)21-13-3-1-12(20)2-4-13/h1-7H,8H2,(H,21,25)(H,22,23,26). The van der Waals surface area contributed by atoms with Gasteiger partial charge >= 0.3 is 0 Å². The lowest BCUT2D eigenvalue weighted by Crippen LogP contribution is -2.13. The Hall–Kier alpha value is -2.20. The Labute approximate surface area is 177 Å². The summed E-state index contributed by atoms with van der Waals surface area (Å²) in [5, 5.41) is 14.0. The molecule has 0 aliphatic carbocycles. The summed E-state index contributed by atoms with van der Waals surface area (Å²) in [6.45, 7) is 0. The first-order valence-corrected chi connectivity index (χ1v) is 10.2. The molecule has 2 aromatic carbocycles. The first-order chi connectivity index (χ1) is 13.4. The number of nitrogens with one attached hydrogen (secondary N) is 2. The van der Waals surface area contributed by atoms with E-state index in [1.165, 1.54) is 42.5 Å². The van der Waals surface area contributed by atoms with E-state index in [1.54, 1.807) is 0 Å². The topological polar surface area (TPSA) is 84.0 Å². The van der Waals surface area contributed by atoms with Gasteiger partial charge in [-0.1, -0.05) is 46.3 Å². The van der Waals surface area contributed by atoms with Crippen molar-refractivity contribution in [2.24, 2.45) is 0 Å². The molecule has 2 amide bonds. The first-order valence-electron chi connectivity index (χ1n) is 7.68. The molecule has 3 aromatic rings. The molecule has 0 saturated heterocycles. The normalized spacial score (nSPS) is 10.5. The van der Waals surface area contributed by atoms with Crippen LogP contribution in [-0.2, 0) is 4.79 Å². The zero-order valence-corrected chi connectivity index (χ0v) is 17.1. The second-order valence-corrected chi connectivity index (χ2v) is 8.40. The molecule has 0 radical (unpaired) electrons. The van der Waals surface area contributed by atoms with Crippen molar-refractivity contribution in [2.45, 2.75) is 4.34 Å². The molecule has 1 aromatic heterocycles. The third kappa shape index (κ3) is 5.90. The molecule has 11 heteroatoms. The van der Waals surface area contributed by atoms with E-state index in [0.29, 0.717) is 25.6 Å². The Kier molecular flexibility index (Phi) is 6.84. The Bertz CT molecular complexity index is 994. The monoisotopic (exact) mass is 456 g/mol. The number of hydrogen-bond acceptors (Lipinski definition) is 6. The largest absolute Gasteiger partial charge is 0.325 e. The Balaban J connectivity index is 1.53. The Morgan fingerprint density at radius 2 is 1.71 bits per heavy atom. The van der Waals surface area contributed by atoms with Crippen molar-refractivity contribution >= 4 is 68.9 Å². The maximum Gasteiger partial charge on any atom is 0.257 e. The molecule has 1 heterocycles. The highest BCUT2D eigenvalue weighted by Crippen LogP contribution is 2.26. The van der Waals surface area contributed by atoms with Gasteiger partial charge in [-0.05, 0) is 42.5 Å². The van der Waals surface area contributed by atoms with Gasteiger partial charge in [0.2, 0.25) is 11.0 Å². The van der Waals surface area contributed by atoms with E-state index in [0.717, 1.165) is 23.1 Å². The summed E-state index contributed by atoms with van der Waals surface area (Å²) in [7, 11) is 0. The van der Waals surface area contributed by atoms with Gasteiger partial charge in [0.15, 0.2) is 4.34 Å². The van der Waals surface area contributed by atoms with E-state index in [2.05, 4.69) is 20.8 Å². The number of amides is 2. The van der Waals surface area contributed by atoms with Crippen molar-refractivity contribution in [3.63, 3.8) is 0 Å². The Morgan fingerprint density at radius 1 is 1.04 bits per heavy atom. The van der Waals surface area contributed by atoms with Crippen molar-refractivity contribution in [3.05, 3.63) is 63.9 Å². The van der Waals surface area contributed by atoms with E-state index >= 15 is 0 Å². The lowest BCUT2D eigenvalue weighted by Gasteiger charge is -2.03. The molecule has 0 atom stereocenters. The van der Waals surface area contributed by atoms with Gasteiger partial charge in [0.05, 0.1) is 5.75 Å². The molecular formula is C17H11Cl2FN4O2S2. The number of carbonyl (C=O) groups is 2. The minimum atomic E-state index is -0.425. The van der Waals surface area contributed by atoms with Crippen LogP contribution in [0.2, 0.25) is 10.0 Å². The molecule has 0 fully saturated rings. The van der Waals surface area contributed by atoms with Crippen LogP contribution in [0.5, 0.6) is 0 Å². The van der Waals surface area contributed by atoms with Crippen LogP contribution >= 0.6 is 46.3 Å². The van der Waals surface area contributed by atoms with Crippen molar-refractivity contribution in [2.75, 3.05) is 16.4 Å². The van der Waals surface area contributed by atoms with Gasteiger partial charge in [-0.3, -0.25) is 14.9 Å². The molecule has 0 unspecified atom stereocenters. The predicted octanol–water partition coefficient (Wildman–Crippen LogP) is 4.97. The summed E-state index contributed by atoms with van der Waals surface area (Å²) in [5.74, 6) is -0.989. The molecule has 3 rings (SSSR count). The van der Waals surface area contributed by atoms with Crippen LogP contribution in [0.1, 0.15) is 10.4 Å². The maximum atomic E-state index is 12.9. The molecular weight excluding hydrogens is 446 g/mol. The first kappa shape index (κ1) is 20.5. The van der Waals surface area contributed by atoms with Crippen molar-refractivity contribution < 1.29 is 14.0 Å². The van der Waals surface area contributed by atoms with E-state index in [9.17, 15) is 14.0 Å². The van der Waals surface area contributed by atoms with Gasteiger partial charge in [-0.25, -0.2) is 4.39 Å². The smallest absolute Gasteiger partial charge is 0.257 e. The van der Waals surface area contributed by atoms with Crippen molar-refractivity contribution in [1.29, 1.82) is 0 Å². The second-order valence-electron chi connectivity index (χ2n) is 5.33. The number of anilines is 2. The summed E-state index contributed by atoms with van der Waals surface area (Å²) in [4.78, 5) is 24.2. The van der Waals surface area contributed by atoms with Crippen molar-refractivity contribution in [1.82, 2.24) is 10.2 Å². The van der Waals surface area contributed by atoms with Crippen molar-refractivity contribution in [3.8, 4) is 0 Å². The van der Waals surface area contributed by atoms with E-state index < -0.39 is 5.91 Å². The molecule has 0 saturated carbocycles. The van der Waals surface area contributed by atoms with Gasteiger partial charge in [0.25, 0.3) is 5.91 Å².